The maximum atomic E-state index is 12.9. The normalized spacial score (nSPS) is 24.0. The molecule has 0 aliphatic carbocycles. The second-order valence-corrected chi connectivity index (χ2v) is 7.72. The Labute approximate surface area is 132 Å². The Balaban J connectivity index is 2.44. The molecule has 2 unspecified atom stereocenters. The van der Waals surface area contributed by atoms with Crippen molar-refractivity contribution in [1.29, 1.82) is 0 Å². The molecule has 118 valence electrons. The van der Waals surface area contributed by atoms with Crippen LogP contribution in [0.15, 0.2) is 23.1 Å². The van der Waals surface area contributed by atoms with Crippen LogP contribution in [0, 0.1) is 5.92 Å². The summed E-state index contributed by atoms with van der Waals surface area (Å²) < 4.78 is 32.7. The average molecular weight is 332 g/mol. The van der Waals surface area contributed by atoms with Crippen LogP contribution in [0.25, 0.3) is 0 Å². The number of nitrogens with zero attached hydrogens (tertiary/aromatic N) is 1. The molecule has 1 aliphatic heterocycles. The molecular formula is C15H22ClNO3S. The molecule has 2 rings (SSSR count). The summed E-state index contributed by atoms with van der Waals surface area (Å²) in [5.41, 5.74) is 0.840. The summed E-state index contributed by atoms with van der Waals surface area (Å²) in [6, 6.07) is 5.03. The Morgan fingerprint density at radius 1 is 1.38 bits per heavy atom. The third-order valence-corrected chi connectivity index (χ3v) is 6.62. The molecule has 1 aliphatic rings. The topological polar surface area (TPSA) is 46.6 Å². The van der Waals surface area contributed by atoms with Crippen molar-refractivity contribution in [2.75, 3.05) is 13.7 Å². The van der Waals surface area contributed by atoms with Crippen LogP contribution in [-0.2, 0) is 15.9 Å². The lowest BCUT2D eigenvalue weighted by Crippen LogP contribution is -2.45. The first-order chi connectivity index (χ1) is 9.91. The van der Waals surface area contributed by atoms with E-state index in [2.05, 4.69) is 6.92 Å². The number of alkyl halides is 1. The van der Waals surface area contributed by atoms with Crippen molar-refractivity contribution in [2.45, 2.75) is 43.5 Å². The largest absolute Gasteiger partial charge is 0.495 e. The molecule has 0 bridgehead atoms. The number of sulfonamides is 1. The molecule has 0 radical (unpaired) electrons. The van der Waals surface area contributed by atoms with Gasteiger partial charge in [0.1, 0.15) is 10.6 Å². The summed E-state index contributed by atoms with van der Waals surface area (Å²) >= 11 is 5.80. The van der Waals surface area contributed by atoms with Crippen molar-refractivity contribution < 1.29 is 13.2 Å². The van der Waals surface area contributed by atoms with Crippen LogP contribution >= 0.6 is 11.6 Å². The lowest BCUT2D eigenvalue weighted by Gasteiger charge is -2.37. The van der Waals surface area contributed by atoms with Crippen LogP contribution in [0.1, 0.15) is 32.3 Å². The Kier molecular flexibility index (Phi) is 5.17. The molecule has 1 fully saturated rings. The minimum atomic E-state index is -3.55. The van der Waals surface area contributed by atoms with E-state index in [1.807, 2.05) is 6.92 Å². The van der Waals surface area contributed by atoms with Gasteiger partial charge in [-0.25, -0.2) is 8.42 Å². The van der Waals surface area contributed by atoms with E-state index in [1.165, 1.54) is 7.11 Å². The number of piperidine rings is 1. The van der Waals surface area contributed by atoms with Gasteiger partial charge in [-0.1, -0.05) is 13.0 Å². The zero-order valence-electron chi connectivity index (χ0n) is 12.7. The zero-order valence-corrected chi connectivity index (χ0v) is 14.2. The van der Waals surface area contributed by atoms with Crippen LogP contribution in [0.3, 0.4) is 0 Å². The summed E-state index contributed by atoms with van der Waals surface area (Å²) in [4.78, 5) is 0.222. The Morgan fingerprint density at radius 3 is 2.71 bits per heavy atom. The SMILES string of the molecule is COc1cc(CCl)ccc1S(=O)(=O)N1CCCC(C)C1C. The van der Waals surface area contributed by atoms with Crippen LogP contribution < -0.4 is 4.74 Å². The number of halogens is 1. The van der Waals surface area contributed by atoms with Crippen LogP contribution in [0.4, 0.5) is 0 Å². The van der Waals surface area contributed by atoms with Gasteiger partial charge in [-0.05, 0) is 43.4 Å². The molecule has 4 nitrogen and oxygen atoms in total. The van der Waals surface area contributed by atoms with E-state index in [0.717, 1.165) is 18.4 Å². The molecule has 0 amide bonds. The van der Waals surface area contributed by atoms with Crippen molar-refractivity contribution in [3.63, 3.8) is 0 Å². The summed E-state index contributed by atoms with van der Waals surface area (Å²) in [6.45, 7) is 4.63. The number of benzene rings is 1. The summed E-state index contributed by atoms with van der Waals surface area (Å²) in [5.74, 6) is 1.05. The molecule has 1 heterocycles. The fourth-order valence-corrected chi connectivity index (χ4v) is 4.84. The van der Waals surface area contributed by atoms with E-state index in [1.54, 1.807) is 22.5 Å². The maximum absolute atomic E-state index is 12.9. The molecule has 0 N–H and O–H groups in total. The molecule has 0 saturated carbocycles. The standard InChI is InChI=1S/C15H22ClNO3S/c1-11-5-4-8-17(12(11)2)21(18,19)15-7-6-13(10-16)9-14(15)20-3/h6-7,9,11-12H,4-5,8,10H2,1-3H3. The van der Waals surface area contributed by atoms with Gasteiger partial charge in [-0.15, -0.1) is 11.6 Å². The quantitative estimate of drug-likeness (QED) is 0.796. The number of hydrogen-bond donors (Lipinski definition) is 0. The van der Waals surface area contributed by atoms with E-state index < -0.39 is 10.0 Å². The average Bonchev–Trinajstić information content (AvgIpc) is 2.49. The fraction of sp³-hybridized carbons (Fsp3) is 0.600. The van der Waals surface area contributed by atoms with Crippen LogP contribution in [0.5, 0.6) is 5.75 Å². The van der Waals surface area contributed by atoms with E-state index in [-0.39, 0.29) is 10.9 Å². The monoisotopic (exact) mass is 331 g/mol. The highest BCUT2D eigenvalue weighted by molar-refractivity contribution is 7.89. The first-order valence-electron chi connectivity index (χ1n) is 7.16. The summed E-state index contributed by atoms with van der Waals surface area (Å²) in [6.07, 6.45) is 1.96. The van der Waals surface area contributed by atoms with Gasteiger partial charge in [0, 0.05) is 18.5 Å². The molecular weight excluding hydrogens is 310 g/mol. The van der Waals surface area contributed by atoms with E-state index in [4.69, 9.17) is 16.3 Å². The molecule has 2 atom stereocenters. The van der Waals surface area contributed by atoms with Gasteiger partial charge in [0.25, 0.3) is 0 Å². The molecule has 1 saturated heterocycles. The lowest BCUT2D eigenvalue weighted by atomic mass is 9.94. The third-order valence-electron chi connectivity index (χ3n) is 4.28. The highest BCUT2D eigenvalue weighted by atomic mass is 35.5. The van der Waals surface area contributed by atoms with Gasteiger partial charge in [-0.3, -0.25) is 0 Å². The van der Waals surface area contributed by atoms with Gasteiger partial charge in [0.05, 0.1) is 7.11 Å². The Hall–Kier alpha value is -0.780. The van der Waals surface area contributed by atoms with Crippen molar-refractivity contribution in [3.05, 3.63) is 23.8 Å². The fourth-order valence-electron chi connectivity index (χ4n) is 2.77. The zero-order chi connectivity index (χ0) is 15.6. The molecule has 6 heteroatoms. The second-order valence-electron chi connectivity index (χ2n) is 5.59. The van der Waals surface area contributed by atoms with Crippen LogP contribution in [-0.4, -0.2) is 32.4 Å². The Morgan fingerprint density at radius 2 is 2.10 bits per heavy atom. The maximum Gasteiger partial charge on any atom is 0.247 e. The van der Waals surface area contributed by atoms with Gasteiger partial charge in [-0.2, -0.15) is 4.31 Å². The van der Waals surface area contributed by atoms with E-state index >= 15 is 0 Å². The van der Waals surface area contributed by atoms with Gasteiger partial charge in [0.15, 0.2) is 0 Å². The van der Waals surface area contributed by atoms with E-state index in [0.29, 0.717) is 24.1 Å². The van der Waals surface area contributed by atoms with Crippen molar-refractivity contribution >= 4 is 21.6 Å². The van der Waals surface area contributed by atoms with Gasteiger partial charge >= 0.3 is 0 Å². The minimum absolute atomic E-state index is 0.00107. The van der Waals surface area contributed by atoms with Crippen molar-refractivity contribution in [3.8, 4) is 5.75 Å². The van der Waals surface area contributed by atoms with Crippen molar-refractivity contribution in [1.82, 2.24) is 4.31 Å². The molecule has 21 heavy (non-hydrogen) atoms. The lowest BCUT2D eigenvalue weighted by molar-refractivity contribution is 0.202. The third kappa shape index (κ3) is 3.20. The summed E-state index contributed by atoms with van der Waals surface area (Å²) in [5, 5.41) is 0. The number of rotatable bonds is 4. The molecule has 1 aromatic rings. The van der Waals surface area contributed by atoms with Gasteiger partial charge in [0.2, 0.25) is 10.0 Å². The first-order valence-corrected chi connectivity index (χ1v) is 9.14. The van der Waals surface area contributed by atoms with Gasteiger partial charge < -0.3 is 4.74 Å². The number of hydrogen-bond acceptors (Lipinski definition) is 3. The minimum Gasteiger partial charge on any atom is -0.495 e. The molecule has 1 aromatic carbocycles. The van der Waals surface area contributed by atoms with Crippen LogP contribution in [0.2, 0.25) is 0 Å². The molecule has 0 aromatic heterocycles. The number of ether oxygens (including phenoxy) is 1. The smallest absolute Gasteiger partial charge is 0.247 e. The molecule has 0 spiro atoms. The predicted molar refractivity (Wildman–Crippen MR) is 84.3 cm³/mol. The number of methoxy groups -OCH3 is 1. The highest BCUT2D eigenvalue weighted by Gasteiger charge is 2.36. The Bertz CT molecular complexity index is 603. The van der Waals surface area contributed by atoms with E-state index in [9.17, 15) is 8.42 Å². The highest BCUT2D eigenvalue weighted by Crippen LogP contribution is 2.33. The predicted octanol–water partition coefficient (Wildman–Crippen LogP) is 3.24. The first kappa shape index (κ1) is 16.6. The summed E-state index contributed by atoms with van der Waals surface area (Å²) in [7, 11) is -2.07. The second kappa shape index (κ2) is 6.55. The van der Waals surface area contributed by atoms with Crippen molar-refractivity contribution in [2.24, 2.45) is 5.92 Å².